The molecule has 1 aromatic carbocycles. The third kappa shape index (κ3) is 3.58. The van der Waals surface area contributed by atoms with Crippen molar-refractivity contribution in [3.63, 3.8) is 0 Å². The van der Waals surface area contributed by atoms with Crippen molar-refractivity contribution >= 4 is 23.5 Å². The van der Waals surface area contributed by atoms with Crippen molar-refractivity contribution < 1.29 is 29.0 Å². The van der Waals surface area contributed by atoms with E-state index in [2.05, 4.69) is 0 Å². The van der Waals surface area contributed by atoms with Crippen LogP contribution in [0.5, 0.6) is 11.5 Å². The minimum Gasteiger partial charge on any atom is -0.486 e. The van der Waals surface area contributed by atoms with Gasteiger partial charge in [0.05, 0.1) is 0 Å². The molecule has 140 valence electrons. The molecule has 26 heavy (non-hydrogen) atoms. The highest BCUT2D eigenvalue weighted by atomic mass is 16.6. The number of carbonyl (C=O) groups excluding carboxylic acids is 2. The van der Waals surface area contributed by atoms with Crippen LogP contribution >= 0.6 is 0 Å². The molecule has 1 atom stereocenters. The maximum absolute atomic E-state index is 12.8. The zero-order valence-corrected chi connectivity index (χ0v) is 14.6. The van der Waals surface area contributed by atoms with E-state index in [1.807, 2.05) is 6.92 Å². The molecule has 8 heteroatoms. The Hall–Kier alpha value is -2.77. The minimum absolute atomic E-state index is 0.307. The SMILES string of the molecule is CCCN(CC(=O)O)C(=O)C1CCN(c2ccc3c(c2)OCCO3)C1=O. The number of carboxylic acid groups (broad SMARTS) is 1. The third-order valence-corrected chi connectivity index (χ3v) is 4.47. The van der Waals surface area contributed by atoms with Crippen molar-refractivity contribution in [2.24, 2.45) is 5.92 Å². The standard InChI is InChI=1S/C18H22N2O6/c1-2-6-19(11-16(21)22)17(23)13-5-7-20(18(13)24)12-3-4-14-15(10-12)26-9-8-25-14/h3-4,10,13H,2,5-9,11H2,1H3,(H,21,22). The first kappa shape index (κ1) is 18.0. The Bertz CT molecular complexity index is 720. The largest absolute Gasteiger partial charge is 0.486 e. The van der Waals surface area contributed by atoms with E-state index in [4.69, 9.17) is 14.6 Å². The highest BCUT2D eigenvalue weighted by molar-refractivity contribution is 6.10. The van der Waals surface area contributed by atoms with Crippen LogP contribution in [0.3, 0.4) is 0 Å². The van der Waals surface area contributed by atoms with Crippen LogP contribution in [-0.2, 0) is 14.4 Å². The van der Waals surface area contributed by atoms with Gasteiger partial charge in [0, 0.05) is 24.8 Å². The number of hydrogen-bond donors (Lipinski definition) is 1. The van der Waals surface area contributed by atoms with Gasteiger partial charge in [0.25, 0.3) is 0 Å². The summed E-state index contributed by atoms with van der Waals surface area (Å²) >= 11 is 0. The second kappa shape index (κ2) is 7.63. The smallest absolute Gasteiger partial charge is 0.323 e. The summed E-state index contributed by atoms with van der Waals surface area (Å²) in [4.78, 5) is 39.2. The van der Waals surface area contributed by atoms with Crippen LogP contribution in [0, 0.1) is 5.92 Å². The lowest BCUT2D eigenvalue weighted by atomic mass is 10.1. The molecule has 3 rings (SSSR count). The molecule has 1 saturated heterocycles. The fourth-order valence-electron chi connectivity index (χ4n) is 3.29. The van der Waals surface area contributed by atoms with E-state index in [9.17, 15) is 14.4 Å². The molecule has 1 fully saturated rings. The number of amides is 2. The zero-order chi connectivity index (χ0) is 18.7. The predicted molar refractivity (Wildman–Crippen MR) is 92.4 cm³/mol. The van der Waals surface area contributed by atoms with Crippen LogP contribution in [0.25, 0.3) is 0 Å². The Morgan fingerprint density at radius 1 is 1.27 bits per heavy atom. The fraction of sp³-hybridized carbons (Fsp3) is 0.500. The molecule has 0 spiro atoms. The summed E-state index contributed by atoms with van der Waals surface area (Å²) in [5.41, 5.74) is 0.648. The minimum atomic E-state index is -1.08. The van der Waals surface area contributed by atoms with Crippen molar-refractivity contribution in [1.29, 1.82) is 0 Å². The van der Waals surface area contributed by atoms with Gasteiger partial charge in [0.1, 0.15) is 25.7 Å². The summed E-state index contributed by atoms with van der Waals surface area (Å²) < 4.78 is 11.0. The van der Waals surface area contributed by atoms with Crippen LogP contribution in [0.15, 0.2) is 18.2 Å². The van der Waals surface area contributed by atoms with E-state index in [1.165, 1.54) is 4.90 Å². The van der Waals surface area contributed by atoms with Crippen molar-refractivity contribution in [3.05, 3.63) is 18.2 Å². The molecule has 1 N–H and O–H groups in total. The van der Waals surface area contributed by atoms with Gasteiger partial charge >= 0.3 is 5.97 Å². The van der Waals surface area contributed by atoms with Gasteiger partial charge in [0.15, 0.2) is 11.5 Å². The molecule has 0 aromatic heterocycles. The average molecular weight is 362 g/mol. The molecule has 0 bridgehead atoms. The number of carbonyl (C=O) groups is 3. The van der Waals surface area contributed by atoms with E-state index in [-0.39, 0.29) is 12.5 Å². The van der Waals surface area contributed by atoms with Gasteiger partial charge < -0.3 is 24.4 Å². The Balaban J connectivity index is 1.75. The van der Waals surface area contributed by atoms with E-state index in [1.54, 1.807) is 23.1 Å². The lowest BCUT2D eigenvalue weighted by Crippen LogP contribution is -2.43. The second-order valence-electron chi connectivity index (χ2n) is 6.31. The number of ether oxygens (including phenoxy) is 2. The summed E-state index contributed by atoms with van der Waals surface area (Å²) in [5.74, 6) is -1.43. The maximum atomic E-state index is 12.8. The topological polar surface area (TPSA) is 96.4 Å². The van der Waals surface area contributed by atoms with Crippen LogP contribution in [0.4, 0.5) is 5.69 Å². The summed E-state index contributed by atoms with van der Waals surface area (Å²) in [7, 11) is 0. The molecule has 1 unspecified atom stereocenters. The number of hydrogen-bond acceptors (Lipinski definition) is 5. The molecule has 2 heterocycles. The quantitative estimate of drug-likeness (QED) is 0.762. The van der Waals surface area contributed by atoms with Gasteiger partial charge in [-0.1, -0.05) is 6.92 Å². The van der Waals surface area contributed by atoms with E-state index >= 15 is 0 Å². The first-order chi connectivity index (χ1) is 12.5. The number of aliphatic carboxylic acids is 1. The molecule has 8 nitrogen and oxygen atoms in total. The first-order valence-electron chi connectivity index (χ1n) is 8.73. The van der Waals surface area contributed by atoms with Gasteiger partial charge in [0.2, 0.25) is 11.8 Å². The highest BCUT2D eigenvalue weighted by Crippen LogP contribution is 2.36. The Morgan fingerprint density at radius 3 is 2.69 bits per heavy atom. The molecule has 2 amide bonds. The monoisotopic (exact) mass is 362 g/mol. The summed E-state index contributed by atoms with van der Waals surface area (Å²) in [6.07, 6.45) is 0.998. The molecule has 1 aromatic rings. The van der Waals surface area contributed by atoms with Crippen molar-refractivity contribution in [2.45, 2.75) is 19.8 Å². The zero-order valence-electron chi connectivity index (χ0n) is 14.6. The number of rotatable bonds is 6. The Morgan fingerprint density at radius 2 is 2.00 bits per heavy atom. The van der Waals surface area contributed by atoms with Crippen molar-refractivity contribution in [3.8, 4) is 11.5 Å². The Labute approximate surface area is 151 Å². The predicted octanol–water partition coefficient (Wildman–Crippen LogP) is 1.13. The third-order valence-electron chi connectivity index (χ3n) is 4.47. The molecular formula is C18H22N2O6. The van der Waals surface area contributed by atoms with Gasteiger partial charge in [-0.2, -0.15) is 0 Å². The van der Waals surface area contributed by atoms with Crippen LogP contribution in [-0.4, -0.2) is 60.6 Å². The molecule has 2 aliphatic heterocycles. The van der Waals surface area contributed by atoms with Gasteiger partial charge in [-0.25, -0.2) is 0 Å². The van der Waals surface area contributed by atoms with Gasteiger partial charge in [-0.3, -0.25) is 14.4 Å². The van der Waals surface area contributed by atoms with E-state index in [0.717, 1.165) is 0 Å². The second-order valence-corrected chi connectivity index (χ2v) is 6.31. The van der Waals surface area contributed by atoms with Gasteiger partial charge in [-0.05, 0) is 25.0 Å². The molecule has 0 radical (unpaired) electrons. The number of nitrogens with zero attached hydrogens (tertiary/aromatic N) is 2. The van der Waals surface area contributed by atoms with E-state index < -0.39 is 17.8 Å². The van der Waals surface area contributed by atoms with Crippen molar-refractivity contribution in [1.82, 2.24) is 4.90 Å². The molecular weight excluding hydrogens is 340 g/mol. The highest BCUT2D eigenvalue weighted by Gasteiger charge is 2.40. The number of carboxylic acids is 1. The molecule has 0 aliphatic carbocycles. The van der Waals surface area contributed by atoms with Gasteiger partial charge in [-0.15, -0.1) is 0 Å². The molecule has 0 saturated carbocycles. The number of anilines is 1. The Kier molecular flexibility index (Phi) is 5.29. The van der Waals surface area contributed by atoms with Crippen LogP contribution < -0.4 is 14.4 Å². The molecule has 2 aliphatic rings. The van der Waals surface area contributed by atoms with Crippen molar-refractivity contribution in [2.75, 3.05) is 37.7 Å². The lowest BCUT2D eigenvalue weighted by Gasteiger charge is -2.24. The number of benzene rings is 1. The lowest BCUT2D eigenvalue weighted by molar-refractivity contribution is -0.148. The normalized spacial score (nSPS) is 18.7. The summed E-state index contributed by atoms with van der Waals surface area (Å²) in [6.45, 7) is 3.14. The number of fused-ring (bicyclic) bond motifs is 1. The van der Waals surface area contributed by atoms with E-state index in [0.29, 0.717) is 56.3 Å². The average Bonchev–Trinajstić information content (AvgIpc) is 3.01. The van der Waals surface area contributed by atoms with Crippen LogP contribution in [0.1, 0.15) is 19.8 Å². The first-order valence-corrected chi connectivity index (χ1v) is 8.73. The summed E-state index contributed by atoms with van der Waals surface area (Å²) in [5, 5.41) is 9.00. The fourth-order valence-corrected chi connectivity index (χ4v) is 3.29. The van der Waals surface area contributed by atoms with Crippen LogP contribution in [0.2, 0.25) is 0 Å². The summed E-state index contributed by atoms with van der Waals surface area (Å²) in [6, 6.07) is 5.25. The maximum Gasteiger partial charge on any atom is 0.323 e.